The van der Waals surface area contributed by atoms with E-state index >= 15 is 0 Å². The highest BCUT2D eigenvalue weighted by molar-refractivity contribution is 5.71. The van der Waals surface area contributed by atoms with Crippen LogP contribution in [0.25, 0.3) is 0 Å². The SMILES string of the molecule is C=CCCC(=O)OC[C@@H]1OC(=O)CCC=CCCC(=O)O[C@@H]2C3OC(C)(C)OC3O[C@H]12. The van der Waals surface area contributed by atoms with Gasteiger partial charge in [0.25, 0.3) is 0 Å². The van der Waals surface area contributed by atoms with Crippen LogP contribution in [-0.2, 0) is 42.8 Å². The molecule has 3 aliphatic heterocycles. The summed E-state index contributed by atoms with van der Waals surface area (Å²) in [5.41, 5.74) is 0. The molecule has 0 aliphatic carbocycles. The molecule has 31 heavy (non-hydrogen) atoms. The number of fused-ring (bicyclic) bond motifs is 3. The highest BCUT2D eigenvalue weighted by Crippen LogP contribution is 2.40. The maximum Gasteiger partial charge on any atom is 0.306 e. The van der Waals surface area contributed by atoms with E-state index in [1.165, 1.54) is 0 Å². The number of hydrogen-bond donors (Lipinski definition) is 0. The smallest absolute Gasteiger partial charge is 0.306 e. The van der Waals surface area contributed by atoms with Gasteiger partial charge in [-0.3, -0.25) is 14.4 Å². The van der Waals surface area contributed by atoms with Crippen molar-refractivity contribution in [2.24, 2.45) is 0 Å². The van der Waals surface area contributed by atoms with Crippen molar-refractivity contribution in [3.05, 3.63) is 24.8 Å². The Morgan fingerprint density at radius 2 is 1.77 bits per heavy atom. The molecule has 0 aromatic heterocycles. The quantitative estimate of drug-likeness (QED) is 0.363. The van der Waals surface area contributed by atoms with Gasteiger partial charge in [0, 0.05) is 19.3 Å². The number of hydrogen-bond acceptors (Lipinski definition) is 9. The molecule has 0 aromatic carbocycles. The zero-order valence-corrected chi connectivity index (χ0v) is 17.9. The first kappa shape index (κ1) is 23.4. The Hall–Kier alpha value is -2.23. The number of esters is 3. The van der Waals surface area contributed by atoms with Gasteiger partial charge < -0.3 is 28.4 Å². The van der Waals surface area contributed by atoms with E-state index in [-0.39, 0.29) is 25.9 Å². The third kappa shape index (κ3) is 6.38. The molecule has 0 saturated carbocycles. The first-order chi connectivity index (χ1) is 14.8. The van der Waals surface area contributed by atoms with Crippen molar-refractivity contribution < 1.29 is 42.8 Å². The van der Waals surface area contributed by atoms with Gasteiger partial charge in [0.1, 0.15) is 12.7 Å². The summed E-state index contributed by atoms with van der Waals surface area (Å²) in [6, 6.07) is 0. The second-order valence-electron chi connectivity index (χ2n) is 8.11. The van der Waals surface area contributed by atoms with Crippen molar-refractivity contribution >= 4 is 17.9 Å². The third-order valence-electron chi connectivity index (χ3n) is 5.10. The first-order valence-electron chi connectivity index (χ1n) is 10.6. The number of carbonyl (C=O) groups is 3. The lowest BCUT2D eigenvalue weighted by atomic mass is 10.1. The average Bonchev–Trinajstić information content (AvgIpc) is 3.18. The fourth-order valence-corrected chi connectivity index (χ4v) is 3.68. The van der Waals surface area contributed by atoms with Gasteiger partial charge in [-0.2, -0.15) is 0 Å². The van der Waals surface area contributed by atoms with Crippen LogP contribution in [0.5, 0.6) is 0 Å². The summed E-state index contributed by atoms with van der Waals surface area (Å²) in [4.78, 5) is 36.8. The zero-order chi connectivity index (χ0) is 22.4. The summed E-state index contributed by atoms with van der Waals surface area (Å²) in [5, 5.41) is 0. The maximum absolute atomic E-state index is 12.4. The van der Waals surface area contributed by atoms with E-state index in [0.717, 1.165) is 0 Å². The van der Waals surface area contributed by atoms with Crippen LogP contribution in [-0.4, -0.2) is 61.0 Å². The Morgan fingerprint density at radius 3 is 2.45 bits per heavy atom. The number of allylic oxidation sites excluding steroid dienone is 3. The van der Waals surface area contributed by atoms with Crippen LogP contribution in [0, 0.1) is 0 Å². The van der Waals surface area contributed by atoms with Crippen molar-refractivity contribution in [1.29, 1.82) is 0 Å². The standard InChI is InChI=1S/C22H30O9/c1-4-5-10-15(23)26-13-14-18-19(20-21(29-18)31-22(2,3)30-20)28-17(25)12-9-7-6-8-11-16(24)27-14/h4,6-7,14,18-21H,1,5,8-13H2,2-3H3/t14-,18+,19-,20?,21?/m0/s1. The van der Waals surface area contributed by atoms with Crippen molar-refractivity contribution in [1.82, 2.24) is 0 Å². The Labute approximate surface area is 181 Å². The second-order valence-corrected chi connectivity index (χ2v) is 8.11. The average molecular weight is 438 g/mol. The maximum atomic E-state index is 12.4. The highest BCUT2D eigenvalue weighted by atomic mass is 16.8. The molecule has 2 fully saturated rings. The van der Waals surface area contributed by atoms with Crippen molar-refractivity contribution in [3.8, 4) is 0 Å². The molecule has 3 heterocycles. The highest BCUT2D eigenvalue weighted by Gasteiger charge is 2.59. The summed E-state index contributed by atoms with van der Waals surface area (Å²) in [7, 11) is 0. The van der Waals surface area contributed by atoms with E-state index in [4.69, 9.17) is 28.4 Å². The molecule has 172 valence electrons. The van der Waals surface area contributed by atoms with Gasteiger partial charge in [-0.15, -0.1) is 6.58 Å². The van der Waals surface area contributed by atoms with Crippen LogP contribution in [0.15, 0.2) is 24.8 Å². The summed E-state index contributed by atoms with van der Waals surface area (Å²) in [6.07, 6.45) is 2.92. The lowest BCUT2D eigenvalue weighted by Gasteiger charge is -2.30. The topological polar surface area (TPSA) is 107 Å². The van der Waals surface area contributed by atoms with E-state index in [1.807, 2.05) is 12.2 Å². The van der Waals surface area contributed by atoms with Crippen LogP contribution < -0.4 is 0 Å². The van der Waals surface area contributed by atoms with Crippen LogP contribution >= 0.6 is 0 Å². The van der Waals surface area contributed by atoms with Crippen LogP contribution in [0.3, 0.4) is 0 Å². The lowest BCUT2D eigenvalue weighted by Crippen LogP contribution is -2.47. The third-order valence-corrected chi connectivity index (χ3v) is 5.10. The number of cyclic esters (lactones) is 1. The summed E-state index contributed by atoms with van der Waals surface area (Å²) >= 11 is 0. The van der Waals surface area contributed by atoms with Gasteiger partial charge >= 0.3 is 17.9 Å². The minimum Gasteiger partial charge on any atom is -0.462 e. The zero-order valence-electron chi connectivity index (χ0n) is 17.9. The lowest BCUT2D eigenvalue weighted by molar-refractivity contribution is -0.235. The van der Waals surface area contributed by atoms with Gasteiger partial charge in [0.05, 0.1) is 0 Å². The minimum absolute atomic E-state index is 0.149. The summed E-state index contributed by atoms with van der Waals surface area (Å²) in [5.74, 6) is -2.27. The summed E-state index contributed by atoms with van der Waals surface area (Å²) in [6.45, 7) is 6.80. The van der Waals surface area contributed by atoms with E-state index in [0.29, 0.717) is 19.3 Å². The molecule has 2 saturated heterocycles. The van der Waals surface area contributed by atoms with Crippen LogP contribution in [0.4, 0.5) is 0 Å². The van der Waals surface area contributed by atoms with Crippen molar-refractivity contribution in [3.63, 3.8) is 0 Å². The first-order valence-corrected chi connectivity index (χ1v) is 10.6. The number of rotatable bonds is 5. The van der Waals surface area contributed by atoms with Crippen LogP contribution in [0.1, 0.15) is 52.4 Å². The fourth-order valence-electron chi connectivity index (χ4n) is 3.68. The molecule has 9 heteroatoms. The molecule has 2 unspecified atom stereocenters. The van der Waals surface area contributed by atoms with Crippen molar-refractivity contribution in [2.45, 2.75) is 88.9 Å². The Balaban J connectivity index is 1.80. The molecule has 0 aromatic rings. The van der Waals surface area contributed by atoms with E-state index < -0.39 is 54.4 Å². The molecule has 0 N–H and O–H groups in total. The largest absolute Gasteiger partial charge is 0.462 e. The van der Waals surface area contributed by atoms with Gasteiger partial charge in [-0.05, 0) is 33.1 Å². The molecule has 0 radical (unpaired) electrons. The van der Waals surface area contributed by atoms with E-state index in [9.17, 15) is 14.4 Å². The van der Waals surface area contributed by atoms with Gasteiger partial charge in [-0.25, -0.2) is 0 Å². The second kappa shape index (κ2) is 10.4. The van der Waals surface area contributed by atoms with Crippen molar-refractivity contribution in [2.75, 3.05) is 6.61 Å². The summed E-state index contributed by atoms with van der Waals surface area (Å²) < 4.78 is 34.2. The molecule has 3 aliphatic rings. The minimum atomic E-state index is -0.983. The Morgan fingerprint density at radius 1 is 1.10 bits per heavy atom. The van der Waals surface area contributed by atoms with Crippen LogP contribution in [0.2, 0.25) is 0 Å². The number of carbonyl (C=O) groups excluding carboxylic acids is 3. The molecule has 0 spiro atoms. The predicted molar refractivity (Wildman–Crippen MR) is 106 cm³/mol. The molecule has 0 amide bonds. The van der Waals surface area contributed by atoms with E-state index in [2.05, 4.69) is 6.58 Å². The normalized spacial score (nSPS) is 33.0. The Kier molecular flexibility index (Phi) is 7.85. The fraction of sp³-hybridized carbons (Fsp3) is 0.682. The monoisotopic (exact) mass is 438 g/mol. The molecular weight excluding hydrogens is 408 g/mol. The van der Waals surface area contributed by atoms with Gasteiger partial charge in [-0.1, -0.05) is 18.2 Å². The van der Waals surface area contributed by atoms with E-state index in [1.54, 1.807) is 19.9 Å². The molecule has 9 nitrogen and oxygen atoms in total. The molecule has 5 atom stereocenters. The number of ether oxygens (including phenoxy) is 6. The molecular formula is C22H30O9. The van der Waals surface area contributed by atoms with Gasteiger partial charge in [0.2, 0.25) is 0 Å². The molecule has 0 bridgehead atoms. The van der Waals surface area contributed by atoms with Gasteiger partial charge in [0.15, 0.2) is 30.4 Å². The molecule has 3 rings (SSSR count). The predicted octanol–water partition coefficient (Wildman–Crippen LogP) is 2.33. The Bertz CT molecular complexity index is 714.